The van der Waals surface area contributed by atoms with Gasteiger partial charge in [0.05, 0.1) is 12.1 Å². The van der Waals surface area contributed by atoms with Crippen molar-refractivity contribution in [2.24, 2.45) is 0 Å². The fourth-order valence-electron chi connectivity index (χ4n) is 5.95. The zero-order valence-corrected chi connectivity index (χ0v) is 23.0. The lowest BCUT2D eigenvalue weighted by molar-refractivity contribution is 0.0846. The van der Waals surface area contributed by atoms with Crippen molar-refractivity contribution in [3.05, 3.63) is 56.3 Å². The Morgan fingerprint density at radius 2 is 1.92 bits per heavy atom. The number of H-pyrrole nitrogens is 1. The van der Waals surface area contributed by atoms with E-state index < -0.39 is 0 Å². The number of aryl methyl sites for hydroxylation is 2. The molecular weight excluding hydrogens is 482 g/mol. The predicted octanol–water partition coefficient (Wildman–Crippen LogP) is 3.97. The molecule has 204 valence electrons. The molecule has 1 aromatic carbocycles. The lowest BCUT2D eigenvalue weighted by Gasteiger charge is -2.36. The van der Waals surface area contributed by atoms with E-state index >= 15 is 0 Å². The summed E-state index contributed by atoms with van der Waals surface area (Å²) in [5, 5.41) is 3.01. The number of benzene rings is 1. The Labute approximate surface area is 223 Å². The summed E-state index contributed by atoms with van der Waals surface area (Å²) in [5.41, 5.74) is 5.62. The summed E-state index contributed by atoms with van der Waals surface area (Å²) in [6, 6.07) is 4.30. The molecule has 2 saturated heterocycles. The zero-order chi connectivity index (χ0) is 26.8. The van der Waals surface area contributed by atoms with Gasteiger partial charge in [0, 0.05) is 55.4 Å². The van der Waals surface area contributed by atoms with Crippen molar-refractivity contribution in [1.29, 1.82) is 0 Å². The Morgan fingerprint density at radius 1 is 1.18 bits per heavy atom. The number of amides is 1. The quantitative estimate of drug-likeness (QED) is 0.462. The van der Waals surface area contributed by atoms with Crippen molar-refractivity contribution in [3.8, 4) is 0 Å². The van der Waals surface area contributed by atoms with Gasteiger partial charge in [0.15, 0.2) is 5.58 Å². The van der Waals surface area contributed by atoms with Crippen LogP contribution in [0, 0.1) is 20.8 Å². The van der Waals surface area contributed by atoms with Crippen molar-refractivity contribution in [3.63, 3.8) is 0 Å². The SMILES string of the molecule is CCN(c1cc2oc(CN3CCCC3)nc2c(C(=O)NCc2c(C)cc(C)[nH]c2=O)c1C)C1CCOCC1. The molecule has 2 aliphatic heterocycles. The van der Waals surface area contributed by atoms with Crippen LogP contribution < -0.4 is 15.8 Å². The largest absolute Gasteiger partial charge is 0.439 e. The molecule has 9 heteroatoms. The molecule has 0 aliphatic carbocycles. The molecule has 2 aliphatic rings. The summed E-state index contributed by atoms with van der Waals surface area (Å²) in [4.78, 5) is 38.7. The van der Waals surface area contributed by atoms with Crippen LogP contribution in [0.1, 0.15) is 71.2 Å². The van der Waals surface area contributed by atoms with Gasteiger partial charge >= 0.3 is 0 Å². The summed E-state index contributed by atoms with van der Waals surface area (Å²) < 4.78 is 11.9. The van der Waals surface area contributed by atoms with Crippen LogP contribution >= 0.6 is 0 Å². The van der Waals surface area contributed by atoms with Gasteiger partial charge in [-0.1, -0.05) is 0 Å². The van der Waals surface area contributed by atoms with Crippen molar-refractivity contribution in [1.82, 2.24) is 20.2 Å². The average Bonchev–Trinajstić information content (AvgIpc) is 3.54. The van der Waals surface area contributed by atoms with Crippen molar-refractivity contribution in [2.45, 2.75) is 72.5 Å². The van der Waals surface area contributed by atoms with Crippen LogP contribution in [0.4, 0.5) is 5.69 Å². The van der Waals surface area contributed by atoms with Crippen LogP contribution in [0.3, 0.4) is 0 Å². The molecule has 0 unspecified atom stereocenters. The monoisotopic (exact) mass is 521 g/mol. The van der Waals surface area contributed by atoms with Gasteiger partial charge < -0.3 is 24.4 Å². The number of ether oxygens (including phenoxy) is 1. The van der Waals surface area contributed by atoms with Crippen LogP contribution in [-0.2, 0) is 17.8 Å². The number of rotatable bonds is 8. The molecule has 1 amide bonds. The average molecular weight is 522 g/mol. The summed E-state index contributed by atoms with van der Waals surface area (Å²) in [6.45, 7) is 13.0. The Bertz CT molecular complexity index is 1370. The molecule has 2 fully saturated rings. The van der Waals surface area contributed by atoms with Gasteiger partial charge in [-0.05, 0) is 83.7 Å². The normalized spacial score (nSPS) is 16.8. The van der Waals surface area contributed by atoms with E-state index in [0.717, 1.165) is 68.2 Å². The summed E-state index contributed by atoms with van der Waals surface area (Å²) in [5.74, 6) is 0.380. The molecule has 0 bridgehead atoms. The van der Waals surface area contributed by atoms with Crippen LogP contribution in [-0.4, -0.2) is 59.7 Å². The van der Waals surface area contributed by atoms with E-state index in [1.165, 1.54) is 12.8 Å². The van der Waals surface area contributed by atoms with E-state index in [4.69, 9.17) is 14.1 Å². The van der Waals surface area contributed by atoms with Gasteiger partial charge in [0.25, 0.3) is 11.5 Å². The maximum atomic E-state index is 13.8. The van der Waals surface area contributed by atoms with E-state index in [-0.39, 0.29) is 18.0 Å². The Balaban J connectivity index is 1.53. The molecule has 0 radical (unpaired) electrons. The van der Waals surface area contributed by atoms with Crippen molar-refractivity contribution in [2.75, 3.05) is 37.7 Å². The first kappa shape index (κ1) is 26.4. The second kappa shape index (κ2) is 11.3. The molecule has 5 rings (SSSR count). The summed E-state index contributed by atoms with van der Waals surface area (Å²) in [6.07, 6.45) is 4.26. The van der Waals surface area contributed by atoms with Gasteiger partial charge in [-0.25, -0.2) is 4.98 Å². The molecular formula is C29H39N5O4. The summed E-state index contributed by atoms with van der Waals surface area (Å²) >= 11 is 0. The van der Waals surface area contributed by atoms with E-state index in [0.29, 0.717) is 40.7 Å². The van der Waals surface area contributed by atoms with E-state index in [1.54, 1.807) is 0 Å². The van der Waals surface area contributed by atoms with Crippen LogP contribution in [0.2, 0.25) is 0 Å². The first-order chi connectivity index (χ1) is 18.4. The second-order valence-corrected chi connectivity index (χ2v) is 10.6. The minimum Gasteiger partial charge on any atom is -0.439 e. The van der Waals surface area contributed by atoms with Crippen LogP contribution in [0.15, 0.2) is 21.3 Å². The zero-order valence-electron chi connectivity index (χ0n) is 23.0. The fraction of sp³-hybridized carbons (Fsp3) is 0.552. The smallest absolute Gasteiger partial charge is 0.254 e. The first-order valence-corrected chi connectivity index (χ1v) is 13.8. The second-order valence-electron chi connectivity index (χ2n) is 10.6. The van der Waals surface area contributed by atoms with Crippen molar-refractivity contribution >= 4 is 22.7 Å². The van der Waals surface area contributed by atoms with Gasteiger partial charge in [-0.15, -0.1) is 0 Å². The number of nitrogens with one attached hydrogen (secondary N) is 2. The van der Waals surface area contributed by atoms with Gasteiger partial charge in [0.1, 0.15) is 5.52 Å². The number of nitrogens with zero attached hydrogens (tertiary/aromatic N) is 3. The maximum absolute atomic E-state index is 13.8. The molecule has 0 saturated carbocycles. The fourth-order valence-corrected chi connectivity index (χ4v) is 5.95. The Hall–Kier alpha value is -3.17. The highest BCUT2D eigenvalue weighted by molar-refractivity contribution is 6.07. The third-order valence-electron chi connectivity index (χ3n) is 7.95. The highest BCUT2D eigenvalue weighted by Crippen LogP contribution is 2.34. The lowest BCUT2D eigenvalue weighted by atomic mass is 9.99. The van der Waals surface area contributed by atoms with Gasteiger partial charge in [0.2, 0.25) is 5.89 Å². The van der Waals surface area contributed by atoms with E-state index in [2.05, 4.69) is 33.1 Å². The number of fused-ring (bicyclic) bond motifs is 1. The first-order valence-electron chi connectivity index (χ1n) is 13.8. The number of carbonyl (C=O) groups is 1. The minimum atomic E-state index is -0.252. The van der Waals surface area contributed by atoms with Crippen LogP contribution in [0.5, 0.6) is 0 Å². The number of likely N-dealkylation sites (tertiary alicyclic amines) is 1. The molecule has 2 aromatic heterocycles. The number of hydrogen-bond donors (Lipinski definition) is 2. The molecule has 0 spiro atoms. The topological polar surface area (TPSA) is 104 Å². The highest BCUT2D eigenvalue weighted by atomic mass is 16.5. The third kappa shape index (κ3) is 5.35. The number of carbonyl (C=O) groups excluding carboxylic acids is 1. The third-order valence-corrected chi connectivity index (χ3v) is 7.95. The molecule has 9 nitrogen and oxygen atoms in total. The van der Waals surface area contributed by atoms with E-state index in [9.17, 15) is 9.59 Å². The molecule has 38 heavy (non-hydrogen) atoms. The number of aromatic amines is 1. The lowest BCUT2D eigenvalue weighted by Crippen LogP contribution is -2.40. The Kier molecular flexibility index (Phi) is 7.85. The number of anilines is 1. The number of pyridine rings is 1. The van der Waals surface area contributed by atoms with E-state index in [1.807, 2.05) is 26.8 Å². The molecule has 3 aromatic rings. The van der Waals surface area contributed by atoms with Gasteiger partial charge in [-0.3, -0.25) is 14.5 Å². The number of oxazole rings is 1. The molecule has 2 N–H and O–H groups in total. The molecule has 4 heterocycles. The maximum Gasteiger partial charge on any atom is 0.254 e. The number of hydrogen-bond acceptors (Lipinski definition) is 7. The number of aromatic nitrogens is 2. The van der Waals surface area contributed by atoms with Crippen LogP contribution in [0.25, 0.3) is 11.1 Å². The minimum absolute atomic E-state index is 0.140. The molecule has 0 atom stereocenters. The van der Waals surface area contributed by atoms with Crippen molar-refractivity contribution < 1.29 is 13.9 Å². The Morgan fingerprint density at radius 3 is 2.61 bits per heavy atom. The highest BCUT2D eigenvalue weighted by Gasteiger charge is 2.28. The van der Waals surface area contributed by atoms with Gasteiger partial charge in [-0.2, -0.15) is 0 Å². The summed E-state index contributed by atoms with van der Waals surface area (Å²) in [7, 11) is 0. The standard InChI is InChI=1S/C29H39N5O4/c1-5-34(21-8-12-37-13-9-21)23-15-24-27(32-25(38-24)17-33-10-6-7-11-33)26(20(23)4)29(36)30-16-22-18(2)14-19(3)31-28(22)35/h14-15,21H,5-13,16-17H2,1-4H3,(H,30,36)(H,31,35). The predicted molar refractivity (Wildman–Crippen MR) is 148 cm³/mol.